The van der Waals surface area contributed by atoms with E-state index in [1.54, 1.807) is 19.1 Å². The Labute approximate surface area is 135 Å². The van der Waals surface area contributed by atoms with E-state index in [1.165, 1.54) is 11.0 Å². The Hall–Kier alpha value is -1.96. The summed E-state index contributed by atoms with van der Waals surface area (Å²) >= 11 is 0. The van der Waals surface area contributed by atoms with Crippen LogP contribution in [0.5, 0.6) is 0 Å². The highest BCUT2D eigenvalue weighted by Crippen LogP contribution is 2.27. The summed E-state index contributed by atoms with van der Waals surface area (Å²) in [6, 6.07) is 4.21. The van der Waals surface area contributed by atoms with Crippen molar-refractivity contribution >= 4 is 21.4 Å². The molecule has 0 unspecified atom stereocenters. The van der Waals surface area contributed by atoms with Gasteiger partial charge in [0.25, 0.3) is 11.6 Å². The predicted molar refractivity (Wildman–Crippen MR) is 86.2 cm³/mol. The Bertz CT molecular complexity index is 729. The van der Waals surface area contributed by atoms with Gasteiger partial charge in [-0.05, 0) is 25.8 Å². The van der Waals surface area contributed by atoms with Crippen LogP contribution in [0.15, 0.2) is 18.2 Å². The van der Waals surface area contributed by atoms with Crippen LogP contribution in [0.2, 0.25) is 0 Å². The average molecular weight is 340 g/mol. The van der Waals surface area contributed by atoms with Crippen molar-refractivity contribution in [1.82, 2.24) is 4.90 Å². The fraction of sp³-hybridized carbons (Fsp3) is 0.533. The van der Waals surface area contributed by atoms with Crippen molar-refractivity contribution in [2.75, 3.05) is 18.1 Å². The molecule has 1 saturated heterocycles. The number of benzene rings is 1. The molecule has 126 valence electrons. The summed E-state index contributed by atoms with van der Waals surface area (Å²) < 4.78 is 23.4. The van der Waals surface area contributed by atoms with Crippen LogP contribution in [-0.2, 0) is 9.84 Å². The first-order chi connectivity index (χ1) is 10.8. The third-order valence-electron chi connectivity index (χ3n) is 4.03. The summed E-state index contributed by atoms with van der Waals surface area (Å²) in [5, 5.41) is 11.3. The van der Waals surface area contributed by atoms with Crippen LogP contribution in [0.4, 0.5) is 5.69 Å². The molecule has 1 atom stereocenters. The Balaban J connectivity index is 2.40. The highest BCUT2D eigenvalue weighted by molar-refractivity contribution is 7.91. The molecule has 1 aromatic rings. The summed E-state index contributed by atoms with van der Waals surface area (Å²) in [6.07, 6.45) is 1.04. The number of para-hydroxylation sites is 1. The molecule has 0 N–H and O–H groups in total. The lowest BCUT2D eigenvalue weighted by atomic mass is 10.1. The zero-order chi connectivity index (χ0) is 17.2. The van der Waals surface area contributed by atoms with E-state index in [1.807, 2.05) is 6.92 Å². The second-order valence-corrected chi connectivity index (χ2v) is 8.01. The van der Waals surface area contributed by atoms with Crippen LogP contribution < -0.4 is 0 Å². The number of hydrogen-bond donors (Lipinski definition) is 0. The van der Waals surface area contributed by atoms with Gasteiger partial charge in [0.15, 0.2) is 9.84 Å². The first kappa shape index (κ1) is 17.4. The number of amides is 1. The molecular weight excluding hydrogens is 320 g/mol. The van der Waals surface area contributed by atoms with Gasteiger partial charge in [-0.3, -0.25) is 14.9 Å². The SMILES string of the molecule is CCCN(C(=O)c1cccc(C)c1[N+](=O)[O-])[C@H]1CCS(=O)(=O)C1. The Morgan fingerprint density at radius 2 is 2.13 bits per heavy atom. The first-order valence-corrected chi connectivity index (χ1v) is 9.34. The molecule has 1 amide bonds. The van der Waals surface area contributed by atoms with Gasteiger partial charge in [-0.25, -0.2) is 8.42 Å². The predicted octanol–water partition coefficient (Wildman–Crippen LogP) is 1.94. The van der Waals surface area contributed by atoms with Gasteiger partial charge < -0.3 is 4.90 Å². The Morgan fingerprint density at radius 1 is 1.43 bits per heavy atom. The van der Waals surface area contributed by atoms with Gasteiger partial charge in [0, 0.05) is 18.2 Å². The summed E-state index contributed by atoms with van der Waals surface area (Å²) in [7, 11) is -3.14. The molecule has 1 aromatic carbocycles. The summed E-state index contributed by atoms with van der Waals surface area (Å²) in [4.78, 5) is 25.0. The van der Waals surface area contributed by atoms with Crippen LogP contribution >= 0.6 is 0 Å². The summed E-state index contributed by atoms with van der Waals surface area (Å²) in [6.45, 7) is 3.84. The fourth-order valence-corrected chi connectivity index (χ4v) is 4.67. The van der Waals surface area contributed by atoms with Gasteiger partial charge in [-0.15, -0.1) is 0 Å². The number of rotatable bonds is 5. The quantitative estimate of drug-likeness (QED) is 0.603. The van der Waals surface area contributed by atoms with E-state index in [9.17, 15) is 23.3 Å². The minimum absolute atomic E-state index is 0.0211. The maximum absolute atomic E-state index is 12.8. The Morgan fingerprint density at radius 3 is 2.65 bits per heavy atom. The van der Waals surface area contributed by atoms with E-state index in [0.29, 0.717) is 24.9 Å². The lowest BCUT2D eigenvalue weighted by molar-refractivity contribution is -0.385. The molecule has 0 aliphatic carbocycles. The van der Waals surface area contributed by atoms with Gasteiger partial charge in [-0.2, -0.15) is 0 Å². The molecule has 1 aliphatic heterocycles. The topological polar surface area (TPSA) is 97.6 Å². The number of hydrogen-bond acceptors (Lipinski definition) is 5. The number of nitrogens with zero attached hydrogens (tertiary/aromatic N) is 2. The summed E-state index contributed by atoms with van der Waals surface area (Å²) in [5.41, 5.74) is 0.226. The molecule has 7 nitrogen and oxygen atoms in total. The molecule has 0 saturated carbocycles. The summed E-state index contributed by atoms with van der Waals surface area (Å²) in [5.74, 6) is -0.483. The Kier molecular flexibility index (Phi) is 5.03. The molecule has 1 fully saturated rings. The standard InChI is InChI=1S/C15H20N2O5S/c1-3-8-16(12-7-9-23(21,22)10-12)15(18)13-6-4-5-11(2)14(13)17(19)20/h4-6,12H,3,7-10H2,1-2H3/t12-/m0/s1. The molecule has 23 heavy (non-hydrogen) atoms. The molecule has 0 aromatic heterocycles. The van der Waals surface area contributed by atoms with E-state index in [2.05, 4.69) is 0 Å². The normalized spacial score (nSPS) is 19.5. The van der Waals surface area contributed by atoms with Crippen LogP contribution in [-0.4, -0.2) is 48.2 Å². The highest BCUT2D eigenvalue weighted by atomic mass is 32.2. The molecule has 1 aliphatic rings. The second kappa shape index (κ2) is 6.66. The molecule has 2 rings (SSSR count). The van der Waals surface area contributed by atoms with E-state index < -0.39 is 26.7 Å². The van der Waals surface area contributed by atoms with Crippen LogP contribution in [0, 0.1) is 17.0 Å². The van der Waals surface area contributed by atoms with Crippen LogP contribution in [0.1, 0.15) is 35.7 Å². The van der Waals surface area contributed by atoms with Gasteiger partial charge >= 0.3 is 0 Å². The third kappa shape index (κ3) is 3.69. The molecular formula is C15H20N2O5S. The minimum Gasteiger partial charge on any atom is -0.334 e. The zero-order valence-electron chi connectivity index (χ0n) is 13.2. The smallest absolute Gasteiger partial charge is 0.285 e. The number of nitro benzene ring substituents is 1. The van der Waals surface area contributed by atoms with Gasteiger partial charge in [0.1, 0.15) is 5.56 Å². The van der Waals surface area contributed by atoms with Crippen molar-refractivity contribution in [3.05, 3.63) is 39.4 Å². The van der Waals surface area contributed by atoms with Gasteiger partial charge in [-0.1, -0.05) is 19.1 Å². The van der Waals surface area contributed by atoms with E-state index in [4.69, 9.17) is 0 Å². The fourth-order valence-electron chi connectivity index (χ4n) is 2.94. The number of carbonyl (C=O) groups excluding carboxylic acids is 1. The molecule has 0 radical (unpaired) electrons. The van der Waals surface area contributed by atoms with Crippen molar-refractivity contribution in [2.45, 2.75) is 32.7 Å². The van der Waals surface area contributed by atoms with Crippen molar-refractivity contribution < 1.29 is 18.1 Å². The lowest BCUT2D eigenvalue weighted by Crippen LogP contribution is -2.41. The van der Waals surface area contributed by atoms with E-state index in [-0.39, 0.29) is 22.8 Å². The first-order valence-electron chi connectivity index (χ1n) is 7.52. The van der Waals surface area contributed by atoms with E-state index >= 15 is 0 Å². The second-order valence-electron chi connectivity index (χ2n) is 5.78. The number of carbonyl (C=O) groups is 1. The van der Waals surface area contributed by atoms with Gasteiger partial charge in [0.05, 0.1) is 16.4 Å². The minimum atomic E-state index is -3.14. The lowest BCUT2D eigenvalue weighted by Gasteiger charge is -2.28. The largest absolute Gasteiger partial charge is 0.334 e. The maximum Gasteiger partial charge on any atom is 0.285 e. The van der Waals surface area contributed by atoms with Crippen molar-refractivity contribution in [3.8, 4) is 0 Å². The van der Waals surface area contributed by atoms with Crippen LogP contribution in [0.3, 0.4) is 0 Å². The number of nitro groups is 1. The number of sulfone groups is 1. The molecule has 0 spiro atoms. The molecule has 1 heterocycles. The van der Waals surface area contributed by atoms with Crippen molar-refractivity contribution in [3.63, 3.8) is 0 Å². The van der Waals surface area contributed by atoms with Gasteiger partial charge in [0.2, 0.25) is 0 Å². The van der Waals surface area contributed by atoms with Crippen molar-refractivity contribution in [1.29, 1.82) is 0 Å². The average Bonchev–Trinajstić information content (AvgIpc) is 2.83. The number of aryl methyl sites for hydroxylation is 1. The van der Waals surface area contributed by atoms with E-state index in [0.717, 1.165) is 0 Å². The third-order valence-corrected chi connectivity index (χ3v) is 5.78. The monoisotopic (exact) mass is 340 g/mol. The van der Waals surface area contributed by atoms with Crippen molar-refractivity contribution in [2.24, 2.45) is 0 Å². The molecule has 0 bridgehead atoms. The molecule has 8 heteroatoms. The van der Waals surface area contributed by atoms with Crippen LogP contribution in [0.25, 0.3) is 0 Å². The maximum atomic E-state index is 12.8. The highest BCUT2D eigenvalue weighted by Gasteiger charge is 2.36. The zero-order valence-corrected chi connectivity index (χ0v) is 14.0.